The van der Waals surface area contributed by atoms with Crippen LogP contribution in [0.3, 0.4) is 0 Å². The third-order valence-corrected chi connectivity index (χ3v) is 4.54. The van der Waals surface area contributed by atoms with Crippen LogP contribution in [0, 0.1) is 6.92 Å². The average molecular weight is 294 g/mol. The van der Waals surface area contributed by atoms with E-state index >= 15 is 0 Å². The van der Waals surface area contributed by atoms with E-state index in [0.29, 0.717) is 6.54 Å². The second kappa shape index (κ2) is 5.84. The molecule has 0 radical (unpaired) electrons. The van der Waals surface area contributed by atoms with Crippen molar-refractivity contribution in [3.63, 3.8) is 0 Å². The molecule has 1 aliphatic rings. The quantitative estimate of drug-likeness (QED) is 0.912. The third-order valence-electron chi connectivity index (χ3n) is 4.54. The van der Waals surface area contributed by atoms with Gasteiger partial charge in [0.25, 0.3) is 0 Å². The Morgan fingerprint density at radius 3 is 2.32 bits per heavy atom. The largest absolute Gasteiger partial charge is 0.337 e. The van der Waals surface area contributed by atoms with Crippen LogP contribution in [0.25, 0.3) is 0 Å². The zero-order chi connectivity index (χ0) is 15.6. The van der Waals surface area contributed by atoms with Crippen molar-refractivity contribution in [2.45, 2.75) is 25.2 Å². The van der Waals surface area contributed by atoms with Gasteiger partial charge >= 0.3 is 6.03 Å². The van der Waals surface area contributed by atoms with Crippen molar-refractivity contribution in [1.82, 2.24) is 5.32 Å². The van der Waals surface area contributed by atoms with Gasteiger partial charge in [0, 0.05) is 24.7 Å². The highest BCUT2D eigenvalue weighted by molar-refractivity contribution is 5.91. The standard InChI is InChI=1S/C19H22N2O/c1-15-8-10-16(11-9-15)19(12-13-19)14-20-18(22)21(2)17-6-4-3-5-7-17/h3-11H,12-14H2,1-2H3,(H,20,22). The molecule has 114 valence electrons. The summed E-state index contributed by atoms with van der Waals surface area (Å²) in [5.74, 6) is 0. The van der Waals surface area contributed by atoms with Gasteiger partial charge in [-0.3, -0.25) is 4.90 Å². The van der Waals surface area contributed by atoms with E-state index in [1.165, 1.54) is 11.1 Å². The fraction of sp³-hybridized carbons (Fsp3) is 0.316. The van der Waals surface area contributed by atoms with Crippen LogP contribution in [-0.2, 0) is 5.41 Å². The summed E-state index contributed by atoms with van der Waals surface area (Å²) < 4.78 is 0. The predicted octanol–water partition coefficient (Wildman–Crippen LogP) is 3.87. The fourth-order valence-corrected chi connectivity index (χ4v) is 2.76. The number of urea groups is 1. The maximum absolute atomic E-state index is 12.3. The van der Waals surface area contributed by atoms with Crippen molar-refractivity contribution in [3.8, 4) is 0 Å². The molecule has 0 saturated heterocycles. The first-order valence-corrected chi connectivity index (χ1v) is 7.74. The normalized spacial score (nSPS) is 15.2. The molecule has 2 aromatic rings. The van der Waals surface area contributed by atoms with Crippen LogP contribution in [-0.4, -0.2) is 19.6 Å². The predicted molar refractivity (Wildman–Crippen MR) is 90.3 cm³/mol. The monoisotopic (exact) mass is 294 g/mol. The molecular weight excluding hydrogens is 272 g/mol. The summed E-state index contributed by atoms with van der Waals surface area (Å²) in [4.78, 5) is 14.0. The van der Waals surface area contributed by atoms with E-state index in [-0.39, 0.29) is 11.4 Å². The van der Waals surface area contributed by atoms with Gasteiger partial charge in [-0.05, 0) is 37.5 Å². The van der Waals surface area contributed by atoms with E-state index in [9.17, 15) is 4.79 Å². The summed E-state index contributed by atoms with van der Waals surface area (Å²) in [5.41, 5.74) is 3.65. The lowest BCUT2D eigenvalue weighted by Crippen LogP contribution is -2.41. The molecular formula is C19H22N2O. The molecule has 2 aromatic carbocycles. The van der Waals surface area contributed by atoms with E-state index in [0.717, 1.165) is 18.5 Å². The Labute approximate surface area is 132 Å². The summed E-state index contributed by atoms with van der Waals surface area (Å²) in [5, 5.41) is 3.08. The summed E-state index contributed by atoms with van der Waals surface area (Å²) in [6.45, 7) is 2.80. The van der Waals surface area contributed by atoms with Crippen molar-refractivity contribution in [2.75, 3.05) is 18.5 Å². The zero-order valence-corrected chi connectivity index (χ0v) is 13.2. The highest BCUT2D eigenvalue weighted by Crippen LogP contribution is 2.47. The number of hydrogen-bond acceptors (Lipinski definition) is 1. The molecule has 1 aliphatic carbocycles. The smallest absolute Gasteiger partial charge is 0.321 e. The fourth-order valence-electron chi connectivity index (χ4n) is 2.76. The highest BCUT2D eigenvalue weighted by atomic mass is 16.2. The van der Waals surface area contributed by atoms with Gasteiger partial charge in [0.2, 0.25) is 0 Å². The van der Waals surface area contributed by atoms with Gasteiger partial charge in [0.05, 0.1) is 0 Å². The Morgan fingerprint density at radius 1 is 1.09 bits per heavy atom. The molecule has 0 atom stereocenters. The van der Waals surface area contributed by atoms with E-state index in [1.54, 1.807) is 11.9 Å². The molecule has 3 rings (SSSR count). The van der Waals surface area contributed by atoms with E-state index in [2.05, 4.69) is 36.5 Å². The van der Waals surface area contributed by atoms with Crippen molar-refractivity contribution in [3.05, 3.63) is 65.7 Å². The van der Waals surface area contributed by atoms with Crippen molar-refractivity contribution < 1.29 is 4.79 Å². The number of anilines is 1. The number of nitrogens with zero attached hydrogens (tertiary/aromatic N) is 1. The van der Waals surface area contributed by atoms with Crippen molar-refractivity contribution >= 4 is 11.7 Å². The van der Waals surface area contributed by atoms with Crippen LogP contribution >= 0.6 is 0 Å². The number of carbonyl (C=O) groups is 1. The molecule has 0 bridgehead atoms. The Bertz CT molecular complexity index is 645. The van der Waals surface area contributed by atoms with Gasteiger partial charge in [-0.15, -0.1) is 0 Å². The van der Waals surface area contributed by atoms with Gasteiger partial charge in [-0.1, -0.05) is 48.0 Å². The van der Waals surface area contributed by atoms with Crippen LogP contribution in [0.4, 0.5) is 10.5 Å². The Balaban J connectivity index is 1.62. The van der Waals surface area contributed by atoms with E-state index < -0.39 is 0 Å². The van der Waals surface area contributed by atoms with E-state index in [1.807, 2.05) is 30.3 Å². The Kier molecular flexibility index (Phi) is 3.88. The minimum Gasteiger partial charge on any atom is -0.337 e. The third kappa shape index (κ3) is 2.98. The summed E-state index contributed by atoms with van der Waals surface area (Å²) in [7, 11) is 1.80. The molecule has 1 N–H and O–H groups in total. The van der Waals surface area contributed by atoms with Crippen LogP contribution in [0.2, 0.25) is 0 Å². The number of hydrogen-bond donors (Lipinski definition) is 1. The number of carbonyl (C=O) groups excluding carboxylic acids is 1. The van der Waals surface area contributed by atoms with E-state index in [4.69, 9.17) is 0 Å². The molecule has 1 saturated carbocycles. The lowest BCUT2D eigenvalue weighted by Gasteiger charge is -2.21. The number of nitrogens with one attached hydrogen (secondary N) is 1. The number of benzene rings is 2. The first-order valence-electron chi connectivity index (χ1n) is 7.74. The number of aryl methyl sites for hydroxylation is 1. The maximum atomic E-state index is 12.3. The summed E-state index contributed by atoms with van der Waals surface area (Å²) in [6.07, 6.45) is 2.29. The Morgan fingerprint density at radius 2 is 1.73 bits per heavy atom. The first-order chi connectivity index (χ1) is 10.6. The molecule has 0 aliphatic heterocycles. The van der Waals surface area contributed by atoms with Gasteiger partial charge in [0.15, 0.2) is 0 Å². The van der Waals surface area contributed by atoms with Gasteiger partial charge in [-0.2, -0.15) is 0 Å². The summed E-state index contributed by atoms with van der Waals surface area (Å²) in [6, 6.07) is 18.3. The molecule has 0 aromatic heterocycles. The molecule has 0 unspecified atom stereocenters. The number of amides is 2. The molecule has 0 heterocycles. The highest BCUT2D eigenvalue weighted by Gasteiger charge is 2.44. The molecule has 0 spiro atoms. The Hall–Kier alpha value is -2.29. The molecule has 22 heavy (non-hydrogen) atoms. The van der Waals surface area contributed by atoms with Crippen LogP contribution in [0.15, 0.2) is 54.6 Å². The first kappa shape index (κ1) is 14.6. The second-order valence-corrected chi connectivity index (χ2v) is 6.20. The average Bonchev–Trinajstić information content (AvgIpc) is 3.34. The summed E-state index contributed by atoms with van der Waals surface area (Å²) >= 11 is 0. The second-order valence-electron chi connectivity index (χ2n) is 6.20. The molecule has 1 fully saturated rings. The van der Waals surface area contributed by atoms with Gasteiger partial charge < -0.3 is 5.32 Å². The van der Waals surface area contributed by atoms with Gasteiger partial charge in [-0.25, -0.2) is 4.79 Å². The minimum atomic E-state index is -0.0513. The molecule has 3 heteroatoms. The SMILES string of the molecule is Cc1ccc(C2(CNC(=O)N(C)c3ccccc3)CC2)cc1. The van der Waals surface area contributed by atoms with Crippen LogP contribution in [0.1, 0.15) is 24.0 Å². The van der Waals surface area contributed by atoms with Crippen LogP contribution in [0.5, 0.6) is 0 Å². The lowest BCUT2D eigenvalue weighted by atomic mass is 9.95. The number of para-hydroxylation sites is 1. The molecule has 3 nitrogen and oxygen atoms in total. The maximum Gasteiger partial charge on any atom is 0.321 e. The van der Waals surface area contributed by atoms with Gasteiger partial charge in [0.1, 0.15) is 0 Å². The van der Waals surface area contributed by atoms with Crippen molar-refractivity contribution in [2.24, 2.45) is 0 Å². The lowest BCUT2D eigenvalue weighted by molar-refractivity contribution is 0.246. The van der Waals surface area contributed by atoms with Crippen molar-refractivity contribution in [1.29, 1.82) is 0 Å². The zero-order valence-electron chi connectivity index (χ0n) is 13.2. The topological polar surface area (TPSA) is 32.3 Å². The molecule has 2 amide bonds. The minimum absolute atomic E-state index is 0.0513. The van der Waals surface area contributed by atoms with Crippen LogP contribution < -0.4 is 10.2 Å². The number of rotatable bonds is 4.